The Bertz CT molecular complexity index is 2130. The number of carbonyl (C=O) groups is 3. The maximum Gasteiger partial charge on any atom is 0.330 e. The van der Waals surface area contributed by atoms with Crippen LogP contribution in [0.15, 0.2) is 133 Å². The Hall–Kier alpha value is -6.15. The number of nitrogens with one attached hydrogen (secondary N) is 1. The third-order valence-corrected chi connectivity index (χ3v) is 10.2. The number of carbonyl (C=O) groups excluding carboxylic acids is 3. The van der Waals surface area contributed by atoms with E-state index in [9.17, 15) is 4.79 Å². The number of para-hydroxylation sites is 2. The molecule has 240 valence electrons. The third-order valence-electron chi connectivity index (χ3n) is 10.2. The number of nitrogens with zero attached hydrogens (tertiary/aromatic N) is 1. The number of ketones is 1. The van der Waals surface area contributed by atoms with E-state index in [2.05, 4.69) is 5.32 Å². The van der Waals surface area contributed by atoms with Crippen LogP contribution in [0.2, 0.25) is 0 Å². The Balaban J connectivity index is 1.26. The molecule has 9 rings (SSSR count). The molecule has 0 radical (unpaired) electrons. The van der Waals surface area contributed by atoms with Crippen LogP contribution in [0, 0.1) is 5.92 Å². The average molecular weight is 647 g/mol. The maximum atomic E-state index is 15.2. The van der Waals surface area contributed by atoms with Gasteiger partial charge in [0.05, 0.1) is 12.0 Å². The van der Waals surface area contributed by atoms with Crippen molar-refractivity contribution in [2.45, 2.75) is 23.6 Å². The maximum absolute atomic E-state index is 15.2. The minimum absolute atomic E-state index is 0.0445. The van der Waals surface area contributed by atoms with Crippen molar-refractivity contribution in [3.63, 3.8) is 0 Å². The van der Waals surface area contributed by atoms with Crippen LogP contribution in [0.3, 0.4) is 0 Å². The normalized spacial score (nSPS) is 22.4. The monoisotopic (exact) mass is 646 g/mol. The van der Waals surface area contributed by atoms with E-state index < -0.39 is 35.5 Å². The van der Waals surface area contributed by atoms with Crippen LogP contribution in [0.25, 0.3) is 6.08 Å². The second-order valence-corrected chi connectivity index (χ2v) is 12.6. The first-order valence-electron chi connectivity index (χ1n) is 16.3. The Labute approximate surface area is 282 Å². The fourth-order valence-electron chi connectivity index (χ4n) is 8.09. The topological polar surface area (TPSA) is 94.2 Å². The van der Waals surface area contributed by atoms with E-state index in [1.165, 1.54) is 0 Å². The number of rotatable bonds is 6. The molecule has 1 amide bonds. The number of esters is 1. The van der Waals surface area contributed by atoms with Gasteiger partial charge in [-0.15, -0.1) is 0 Å². The summed E-state index contributed by atoms with van der Waals surface area (Å²) in [4.78, 5) is 47.0. The first-order chi connectivity index (χ1) is 24.1. The van der Waals surface area contributed by atoms with E-state index in [1.807, 2.05) is 126 Å². The molecule has 0 bridgehead atoms. The lowest BCUT2D eigenvalue weighted by molar-refractivity contribution is -0.150. The van der Waals surface area contributed by atoms with Gasteiger partial charge in [0.1, 0.15) is 11.5 Å². The van der Waals surface area contributed by atoms with Crippen LogP contribution >= 0.6 is 0 Å². The molecule has 5 aromatic rings. The van der Waals surface area contributed by atoms with Crippen LogP contribution in [-0.2, 0) is 19.7 Å². The van der Waals surface area contributed by atoms with E-state index >= 15 is 9.59 Å². The number of amides is 1. The van der Waals surface area contributed by atoms with Gasteiger partial charge in [0.15, 0.2) is 23.4 Å². The van der Waals surface area contributed by atoms with Crippen molar-refractivity contribution >= 4 is 35.1 Å². The molecule has 4 aliphatic heterocycles. The number of benzene rings is 5. The van der Waals surface area contributed by atoms with Crippen molar-refractivity contribution in [3.05, 3.63) is 161 Å². The molecule has 0 aromatic heterocycles. The molecule has 1 fully saturated rings. The molecule has 4 atom stereocenters. The molecule has 8 heteroatoms. The first kappa shape index (κ1) is 29.0. The fraction of sp³-hybridized carbons (Fsp3) is 0.146. The fourth-order valence-corrected chi connectivity index (χ4v) is 8.09. The highest BCUT2D eigenvalue weighted by molar-refractivity contribution is 6.16. The summed E-state index contributed by atoms with van der Waals surface area (Å²) >= 11 is 0. The molecule has 4 heterocycles. The van der Waals surface area contributed by atoms with Crippen LogP contribution in [0.4, 0.5) is 11.4 Å². The van der Waals surface area contributed by atoms with Gasteiger partial charge in [0.25, 0.3) is 0 Å². The minimum atomic E-state index is -1.47. The van der Waals surface area contributed by atoms with Crippen LogP contribution in [-0.4, -0.2) is 36.5 Å². The van der Waals surface area contributed by atoms with Crippen molar-refractivity contribution in [1.82, 2.24) is 0 Å². The molecule has 0 saturated carbocycles. The standard InChI is InChI=1S/C41H30N2O6/c44-37(28-19-21-32-33(23-28)48-24-47-32)35-36(39(45)49-38(26-12-3-1-4-13-26)27-14-5-2-6-15-27)43-31-18-10-7-11-25(31)20-22-34(43)41(35)29-16-8-9-17-30(29)42-40(41)46/h1-23,34-36,38H,24H2,(H,42,46)/t34-,35+,36-,41-/m0/s1. The highest BCUT2D eigenvalue weighted by Gasteiger charge is 2.71. The SMILES string of the molecule is O=C(OC(c1ccccc1)c1ccccc1)[C@@H]1[C@H](C(=O)c2ccc3c(c2)OCO3)[C@@]2(C(=O)Nc3ccccc32)[C@@H]2C=Cc3ccccc3N12. The zero-order valence-corrected chi connectivity index (χ0v) is 26.2. The number of hydrogen-bond donors (Lipinski definition) is 1. The smallest absolute Gasteiger partial charge is 0.330 e. The summed E-state index contributed by atoms with van der Waals surface area (Å²) in [5.74, 6) is -1.55. The van der Waals surface area contributed by atoms with Gasteiger partial charge in [0.2, 0.25) is 12.7 Å². The number of anilines is 2. The molecule has 0 aliphatic carbocycles. The summed E-state index contributed by atoms with van der Waals surface area (Å²) in [5, 5.41) is 3.07. The third kappa shape index (κ3) is 4.33. The van der Waals surface area contributed by atoms with Crippen LogP contribution in [0.1, 0.15) is 38.7 Å². The second-order valence-electron chi connectivity index (χ2n) is 12.6. The lowest BCUT2D eigenvalue weighted by atomic mass is 9.64. The summed E-state index contributed by atoms with van der Waals surface area (Å²) in [7, 11) is 0. The Kier molecular flexibility index (Phi) is 6.65. The number of ether oxygens (including phenoxy) is 3. The number of fused-ring (bicyclic) bond motifs is 7. The average Bonchev–Trinajstić information content (AvgIpc) is 3.84. The Morgan fingerprint density at radius 1 is 0.796 bits per heavy atom. The molecule has 5 aromatic carbocycles. The van der Waals surface area contributed by atoms with Gasteiger partial charge in [-0.25, -0.2) is 4.79 Å². The molecule has 0 unspecified atom stereocenters. The zero-order chi connectivity index (χ0) is 33.1. The zero-order valence-electron chi connectivity index (χ0n) is 26.2. The van der Waals surface area contributed by atoms with Gasteiger partial charge < -0.3 is 24.4 Å². The lowest BCUT2D eigenvalue weighted by Gasteiger charge is -2.37. The minimum Gasteiger partial charge on any atom is -0.454 e. The van der Waals surface area contributed by atoms with E-state index in [4.69, 9.17) is 14.2 Å². The number of Topliss-reactive ketones (excluding diaryl/α,β-unsaturated/α-hetero) is 1. The van der Waals surface area contributed by atoms with Crippen LogP contribution in [0.5, 0.6) is 11.5 Å². The van der Waals surface area contributed by atoms with E-state index in [0.717, 1.165) is 22.4 Å². The highest BCUT2D eigenvalue weighted by Crippen LogP contribution is 2.58. The van der Waals surface area contributed by atoms with Crippen molar-refractivity contribution in [1.29, 1.82) is 0 Å². The summed E-state index contributed by atoms with van der Waals surface area (Å²) in [5.41, 5.74) is 3.30. The van der Waals surface area contributed by atoms with Gasteiger partial charge in [0, 0.05) is 16.9 Å². The molecule has 1 saturated heterocycles. The van der Waals surface area contributed by atoms with Crippen LogP contribution < -0.4 is 19.7 Å². The van der Waals surface area contributed by atoms with Gasteiger partial charge in [-0.05, 0) is 52.6 Å². The van der Waals surface area contributed by atoms with Crippen molar-refractivity contribution < 1.29 is 28.6 Å². The largest absolute Gasteiger partial charge is 0.454 e. The van der Waals surface area contributed by atoms with Crippen molar-refractivity contribution in [2.75, 3.05) is 17.0 Å². The molecule has 4 aliphatic rings. The van der Waals surface area contributed by atoms with Gasteiger partial charge in [-0.2, -0.15) is 0 Å². The Morgan fingerprint density at radius 2 is 1.47 bits per heavy atom. The summed E-state index contributed by atoms with van der Waals surface area (Å²) in [6, 6.07) is 37.4. The summed E-state index contributed by atoms with van der Waals surface area (Å²) in [6.07, 6.45) is 3.16. The molecule has 49 heavy (non-hydrogen) atoms. The quantitative estimate of drug-likeness (QED) is 0.162. The first-order valence-corrected chi connectivity index (χ1v) is 16.3. The predicted molar refractivity (Wildman–Crippen MR) is 183 cm³/mol. The number of hydrogen-bond acceptors (Lipinski definition) is 7. The van der Waals surface area contributed by atoms with Gasteiger partial charge >= 0.3 is 5.97 Å². The van der Waals surface area contributed by atoms with E-state index in [1.54, 1.807) is 18.2 Å². The van der Waals surface area contributed by atoms with E-state index in [-0.39, 0.29) is 18.5 Å². The molecule has 1 N–H and O–H groups in total. The second kappa shape index (κ2) is 11.2. The summed E-state index contributed by atoms with van der Waals surface area (Å²) in [6.45, 7) is 0.0445. The summed E-state index contributed by atoms with van der Waals surface area (Å²) < 4.78 is 17.7. The van der Waals surface area contributed by atoms with E-state index in [0.29, 0.717) is 28.3 Å². The Morgan fingerprint density at radius 3 is 2.24 bits per heavy atom. The lowest BCUT2D eigenvalue weighted by Crippen LogP contribution is -2.51. The van der Waals surface area contributed by atoms with Crippen molar-refractivity contribution in [3.8, 4) is 11.5 Å². The molecule has 1 spiro atoms. The highest BCUT2D eigenvalue weighted by atomic mass is 16.7. The van der Waals surface area contributed by atoms with Gasteiger partial charge in [-0.1, -0.05) is 109 Å². The predicted octanol–water partition coefficient (Wildman–Crippen LogP) is 6.72. The van der Waals surface area contributed by atoms with Crippen molar-refractivity contribution in [2.24, 2.45) is 5.92 Å². The van der Waals surface area contributed by atoms with Gasteiger partial charge in [-0.3, -0.25) is 9.59 Å². The molecule has 8 nitrogen and oxygen atoms in total. The molecular formula is C41H30N2O6. The molecular weight excluding hydrogens is 616 g/mol.